The van der Waals surface area contributed by atoms with Crippen LogP contribution in [0.4, 0.5) is 5.69 Å². The van der Waals surface area contributed by atoms with Gasteiger partial charge in [0.15, 0.2) is 5.82 Å². The van der Waals surface area contributed by atoms with Crippen LogP contribution in [0.5, 0.6) is 0 Å². The highest BCUT2D eigenvalue weighted by Crippen LogP contribution is 2.39. The summed E-state index contributed by atoms with van der Waals surface area (Å²) in [6, 6.07) is 24.2. The van der Waals surface area contributed by atoms with Gasteiger partial charge in [-0.05, 0) is 35.7 Å². The van der Waals surface area contributed by atoms with Crippen molar-refractivity contribution in [1.29, 1.82) is 0 Å². The molecule has 4 aromatic rings. The third-order valence-electron chi connectivity index (χ3n) is 6.07. The number of thioether (sulfide) groups is 1. The Morgan fingerprint density at radius 1 is 1.00 bits per heavy atom. The first-order chi connectivity index (χ1) is 17.6. The lowest BCUT2D eigenvalue weighted by atomic mass is 10.0. The number of nitrogens with zero attached hydrogens (tertiary/aromatic N) is 3. The van der Waals surface area contributed by atoms with E-state index in [2.05, 4.69) is 27.9 Å². The van der Waals surface area contributed by atoms with Crippen molar-refractivity contribution in [2.75, 3.05) is 17.9 Å². The van der Waals surface area contributed by atoms with Crippen LogP contribution in [0.3, 0.4) is 0 Å². The minimum absolute atomic E-state index is 0.147. The van der Waals surface area contributed by atoms with E-state index in [-0.39, 0.29) is 5.91 Å². The molecule has 1 aliphatic heterocycles. The second kappa shape index (κ2) is 10.2. The van der Waals surface area contributed by atoms with Crippen LogP contribution in [0.25, 0.3) is 11.4 Å². The molecular formula is C27H25N5O3S. The molecule has 9 heteroatoms. The number of anilines is 1. The predicted octanol–water partition coefficient (Wildman–Crippen LogP) is 4.69. The Balaban J connectivity index is 1.51. The summed E-state index contributed by atoms with van der Waals surface area (Å²) >= 11 is 1.35. The van der Waals surface area contributed by atoms with Crippen molar-refractivity contribution in [3.8, 4) is 11.4 Å². The van der Waals surface area contributed by atoms with E-state index >= 15 is 0 Å². The van der Waals surface area contributed by atoms with Crippen molar-refractivity contribution in [1.82, 2.24) is 14.9 Å². The largest absolute Gasteiger partial charge is 0.465 e. The topological polar surface area (TPSA) is 98.1 Å². The standard InChI is InChI=1S/C27H25N5O3S/c1-3-17-9-7-8-12-21(17)28-25(33)23-22(18-13-15-20(16-14-18)26(34)35-2)31-32-24(29-30-27(32)36-23)19-10-5-4-6-11-19/h4-16,22-23,31H,3H2,1-2H3,(H,28,33)/t22-,23+/m0/s1. The zero-order chi connectivity index (χ0) is 25.1. The molecule has 0 spiro atoms. The van der Waals surface area contributed by atoms with Gasteiger partial charge in [0.2, 0.25) is 11.1 Å². The van der Waals surface area contributed by atoms with Crippen molar-refractivity contribution in [2.24, 2.45) is 0 Å². The summed E-state index contributed by atoms with van der Waals surface area (Å²) in [5.74, 6) is 0.0980. The second-order valence-corrected chi connectivity index (χ2v) is 9.38. The molecular weight excluding hydrogens is 474 g/mol. The van der Waals surface area contributed by atoms with Gasteiger partial charge in [0.25, 0.3) is 0 Å². The third kappa shape index (κ3) is 4.57. The first-order valence-electron chi connectivity index (χ1n) is 11.6. The second-order valence-electron chi connectivity index (χ2n) is 8.27. The number of aromatic nitrogens is 3. The van der Waals surface area contributed by atoms with Gasteiger partial charge in [-0.1, -0.05) is 79.3 Å². The zero-order valence-corrected chi connectivity index (χ0v) is 20.7. The average molecular weight is 500 g/mol. The third-order valence-corrected chi connectivity index (χ3v) is 7.29. The number of hydrogen-bond acceptors (Lipinski definition) is 7. The van der Waals surface area contributed by atoms with Crippen molar-refractivity contribution >= 4 is 29.3 Å². The van der Waals surface area contributed by atoms with Gasteiger partial charge in [-0.15, -0.1) is 10.2 Å². The lowest BCUT2D eigenvalue weighted by Gasteiger charge is -2.33. The Kier molecular flexibility index (Phi) is 6.73. The maximum atomic E-state index is 13.6. The summed E-state index contributed by atoms with van der Waals surface area (Å²) in [6.45, 7) is 2.06. The van der Waals surface area contributed by atoms with E-state index in [1.807, 2.05) is 71.4 Å². The molecule has 0 fully saturated rings. The lowest BCUT2D eigenvalue weighted by Crippen LogP contribution is -2.41. The number of amides is 1. The zero-order valence-electron chi connectivity index (χ0n) is 19.8. The molecule has 0 saturated carbocycles. The van der Waals surface area contributed by atoms with Crippen LogP contribution < -0.4 is 10.7 Å². The molecule has 0 radical (unpaired) electrons. The van der Waals surface area contributed by atoms with E-state index in [1.54, 1.807) is 12.1 Å². The molecule has 8 nitrogen and oxygen atoms in total. The summed E-state index contributed by atoms with van der Waals surface area (Å²) in [5, 5.41) is 11.9. The number of methoxy groups -OCH3 is 1. The van der Waals surface area contributed by atoms with Crippen molar-refractivity contribution in [2.45, 2.75) is 29.8 Å². The molecule has 2 N–H and O–H groups in total. The van der Waals surface area contributed by atoms with Gasteiger partial charge in [-0.2, -0.15) is 0 Å². The van der Waals surface area contributed by atoms with Crippen LogP contribution in [0.1, 0.15) is 34.5 Å². The number of para-hydroxylation sites is 1. The number of aryl methyl sites for hydroxylation is 1. The van der Waals surface area contributed by atoms with Crippen molar-refractivity contribution in [3.63, 3.8) is 0 Å². The fourth-order valence-corrected chi connectivity index (χ4v) is 5.26. The maximum Gasteiger partial charge on any atom is 0.337 e. The normalized spacial score (nSPS) is 16.5. The Morgan fingerprint density at radius 2 is 1.72 bits per heavy atom. The number of hydrogen-bond donors (Lipinski definition) is 2. The molecule has 3 aromatic carbocycles. The predicted molar refractivity (Wildman–Crippen MR) is 139 cm³/mol. The minimum atomic E-state index is -0.542. The number of benzene rings is 3. The molecule has 1 aromatic heterocycles. The molecule has 0 aliphatic carbocycles. The molecule has 182 valence electrons. The monoisotopic (exact) mass is 499 g/mol. The van der Waals surface area contributed by atoms with Crippen molar-refractivity contribution in [3.05, 3.63) is 95.6 Å². The van der Waals surface area contributed by atoms with Crippen LogP contribution in [0, 0.1) is 0 Å². The number of carbonyl (C=O) groups excluding carboxylic acids is 2. The molecule has 0 unspecified atom stereocenters. The Bertz CT molecular complexity index is 1390. The Hall–Kier alpha value is -4.11. The highest BCUT2D eigenvalue weighted by Gasteiger charge is 2.38. The van der Waals surface area contributed by atoms with Crippen molar-refractivity contribution < 1.29 is 14.3 Å². The molecule has 1 aliphatic rings. The van der Waals surface area contributed by atoms with Crippen LogP contribution >= 0.6 is 11.8 Å². The van der Waals surface area contributed by atoms with Gasteiger partial charge in [-0.25, -0.2) is 9.47 Å². The fourth-order valence-electron chi connectivity index (χ4n) is 4.18. The summed E-state index contributed by atoms with van der Waals surface area (Å²) in [6.07, 6.45) is 0.805. The van der Waals surface area contributed by atoms with E-state index in [1.165, 1.54) is 18.9 Å². The van der Waals surface area contributed by atoms with Gasteiger partial charge < -0.3 is 15.5 Å². The first-order valence-corrected chi connectivity index (χ1v) is 12.5. The highest BCUT2D eigenvalue weighted by atomic mass is 32.2. The molecule has 2 atom stereocenters. The summed E-state index contributed by atoms with van der Waals surface area (Å²) in [5.41, 5.74) is 7.51. The van der Waals surface area contributed by atoms with E-state index in [0.717, 1.165) is 28.8 Å². The average Bonchev–Trinajstić information content (AvgIpc) is 3.36. The van der Waals surface area contributed by atoms with Gasteiger partial charge in [0, 0.05) is 11.3 Å². The summed E-state index contributed by atoms with van der Waals surface area (Å²) < 4.78 is 6.65. The number of esters is 1. The smallest absolute Gasteiger partial charge is 0.337 e. The maximum absolute atomic E-state index is 13.6. The van der Waals surface area contributed by atoms with E-state index < -0.39 is 17.3 Å². The van der Waals surface area contributed by atoms with Gasteiger partial charge in [-0.3, -0.25) is 4.79 Å². The molecule has 0 saturated heterocycles. The molecule has 1 amide bonds. The number of nitrogens with one attached hydrogen (secondary N) is 2. The molecule has 0 bridgehead atoms. The van der Waals surface area contributed by atoms with E-state index in [9.17, 15) is 9.59 Å². The summed E-state index contributed by atoms with van der Waals surface area (Å²) in [7, 11) is 1.35. The van der Waals surface area contributed by atoms with Crippen LogP contribution in [-0.2, 0) is 16.0 Å². The van der Waals surface area contributed by atoms with Crippen LogP contribution in [-0.4, -0.2) is 39.1 Å². The SMILES string of the molecule is CCc1ccccc1NC(=O)[C@@H]1Sc2nnc(-c3ccccc3)n2N[C@H]1c1ccc(C(=O)OC)cc1. The molecule has 2 heterocycles. The Morgan fingerprint density at radius 3 is 2.44 bits per heavy atom. The lowest BCUT2D eigenvalue weighted by molar-refractivity contribution is -0.116. The highest BCUT2D eigenvalue weighted by molar-refractivity contribution is 8.00. The van der Waals surface area contributed by atoms with E-state index in [4.69, 9.17) is 4.74 Å². The van der Waals surface area contributed by atoms with E-state index in [0.29, 0.717) is 16.5 Å². The van der Waals surface area contributed by atoms with Gasteiger partial charge in [0.1, 0.15) is 5.25 Å². The van der Waals surface area contributed by atoms with Crippen LogP contribution in [0.2, 0.25) is 0 Å². The Labute approximate surface area is 213 Å². The number of ether oxygens (including phenoxy) is 1. The quantitative estimate of drug-likeness (QED) is 0.371. The van der Waals surface area contributed by atoms with Gasteiger partial charge >= 0.3 is 5.97 Å². The van der Waals surface area contributed by atoms with Gasteiger partial charge in [0.05, 0.1) is 18.7 Å². The minimum Gasteiger partial charge on any atom is -0.465 e. The number of fused-ring (bicyclic) bond motifs is 1. The number of rotatable bonds is 6. The summed E-state index contributed by atoms with van der Waals surface area (Å²) in [4.78, 5) is 25.6. The fraction of sp³-hybridized carbons (Fsp3) is 0.185. The molecule has 36 heavy (non-hydrogen) atoms. The number of carbonyl (C=O) groups is 2. The molecule has 5 rings (SSSR count). The first kappa shape index (κ1) is 23.6. The van der Waals surface area contributed by atoms with Crippen LogP contribution in [0.15, 0.2) is 84.0 Å².